The maximum absolute atomic E-state index is 10.2. The van der Waals surface area contributed by atoms with E-state index < -0.39 is 4.92 Å². The molecule has 0 aliphatic rings. The first-order chi connectivity index (χ1) is 5.61. The second-order valence-electron chi connectivity index (χ2n) is 2.46. The monoisotopic (exact) mass is 165 g/mol. The van der Waals surface area contributed by atoms with E-state index >= 15 is 0 Å². The molecule has 0 aromatic heterocycles. The van der Waals surface area contributed by atoms with Crippen LogP contribution in [0.25, 0.3) is 0 Å². The van der Waals surface area contributed by atoms with Crippen LogP contribution in [0.5, 0.6) is 0 Å². The van der Waals surface area contributed by atoms with Crippen molar-refractivity contribution >= 4 is 5.69 Å². The van der Waals surface area contributed by atoms with Gasteiger partial charge in [-0.05, 0) is 12.5 Å². The molecule has 0 spiro atoms. The minimum atomic E-state index is -0.446. The van der Waals surface area contributed by atoms with Gasteiger partial charge in [0.05, 0.1) is 4.92 Å². The molecule has 1 atom stereocenters. The van der Waals surface area contributed by atoms with Crippen LogP contribution in [0.3, 0.4) is 0 Å². The van der Waals surface area contributed by atoms with Gasteiger partial charge in [-0.15, -0.1) is 0 Å². The summed E-state index contributed by atoms with van der Waals surface area (Å²) < 4.78 is 0. The van der Waals surface area contributed by atoms with Crippen LogP contribution < -0.4 is 5.73 Å². The summed E-state index contributed by atoms with van der Waals surface area (Å²) >= 11 is 0. The fourth-order valence-corrected chi connectivity index (χ4v) is 0.843. The second kappa shape index (κ2) is 3.32. The fourth-order valence-electron chi connectivity index (χ4n) is 0.843. The normalized spacial score (nSPS) is 12.5. The summed E-state index contributed by atoms with van der Waals surface area (Å²) in [7, 11) is 0. The Morgan fingerprint density at radius 2 is 1.92 bits per heavy atom. The van der Waals surface area contributed by atoms with Gasteiger partial charge >= 0.3 is 0 Å². The summed E-state index contributed by atoms with van der Waals surface area (Å²) in [6.45, 7) is 3.59. The molecule has 2 N–H and O–H groups in total. The molecule has 63 valence electrons. The molecule has 4 nitrogen and oxygen atoms in total. The first-order valence-corrected chi connectivity index (χ1v) is 3.44. The van der Waals surface area contributed by atoms with Gasteiger partial charge in [0.25, 0.3) is 5.69 Å². The van der Waals surface area contributed by atoms with E-state index in [0.717, 1.165) is 5.56 Å². The van der Waals surface area contributed by atoms with Crippen molar-refractivity contribution in [2.45, 2.75) is 6.04 Å². The highest BCUT2D eigenvalue weighted by Crippen LogP contribution is 2.15. The summed E-state index contributed by atoms with van der Waals surface area (Å²) in [5, 5.41) is 10.2. The van der Waals surface area contributed by atoms with Crippen LogP contribution in [0, 0.1) is 17.0 Å². The third-order valence-corrected chi connectivity index (χ3v) is 1.53. The van der Waals surface area contributed by atoms with Gasteiger partial charge in [0.15, 0.2) is 0 Å². The summed E-state index contributed by atoms with van der Waals surface area (Å²) in [6, 6.07) is 5.72. The maximum atomic E-state index is 10.2. The minimum absolute atomic E-state index is 0.0689. The molecule has 1 radical (unpaired) electrons. The lowest BCUT2D eigenvalue weighted by Crippen LogP contribution is -2.04. The number of nitro benzene ring substituents is 1. The molecule has 4 heteroatoms. The van der Waals surface area contributed by atoms with Gasteiger partial charge in [0, 0.05) is 18.2 Å². The summed E-state index contributed by atoms with van der Waals surface area (Å²) in [4.78, 5) is 9.79. The van der Waals surface area contributed by atoms with Crippen LogP contribution in [0.1, 0.15) is 11.6 Å². The summed E-state index contributed by atoms with van der Waals surface area (Å²) in [5.74, 6) is 0. The highest BCUT2D eigenvalue weighted by atomic mass is 16.6. The van der Waals surface area contributed by atoms with Crippen LogP contribution in [-0.2, 0) is 0 Å². The van der Waals surface area contributed by atoms with Gasteiger partial charge in [-0.3, -0.25) is 10.1 Å². The number of nitrogens with two attached hydrogens (primary N) is 1. The first kappa shape index (κ1) is 8.67. The Kier molecular flexibility index (Phi) is 2.40. The Morgan fingerprint density at radius 1 is 1.42 bits per heavy atom. The predicted molar refractivity (Wildman–Crippen MR) is 45.4 cm³/mol. The minimum Gasteiger partial charge on any atom is -0.324 e. The highest BCUT2D eigenvalue weighted by molar-refractivity contribution is 5.34. The molecule has 0 fully saturated rings. The van der Waals surface area contributed by atoms with Crippen molar-refractivity contribution < 1.29 is 4.92 Å². The molecule has 12 heavy (non-hydrogen) atoms. The lowest BCUT2D eigenvalue weighted by Gasteiger charge is -2.02. The Morgan fingerprint density at radius 3 is 2.25 bits per heavy atom. The van der Waals surface area contributed by atoms with E-state index in [1.54, 1.807) is 12.1 Å². The van der Waals surface area contributed by atoms with Crippen molar-refractivity contribution in [1.29, 1.82) is 0 Å². The number of hydrogen-bond acceptors (Lipinski definition) is 3. The number of benzene rings is 1. The molecule has 1 unspecified atom stereocenters. The van der Waals surface area contributed by atoms with Gasteiger partial charge in [0.1, 0.15) is 0 Å². The van der Waals surface area contributed by atoms with Crippen molar-refractivity contribution in [1.82, 2.24) is 0 Å². The number of non-ortho nitro benzene ring substituents is 1. The maximum Gasteiger partial charge on any atom is 0.269 e. The fraction of sp³-hybridized carbons (Fsp3) is 0.125. The van der Waals surface area contributed by atoms with Crippen molar-refractivity contribution in [2.75, 3.05) is 0 Å². The van der Waals surface area contributed by atoms with Crippen molar-refractivity contribution in [3.63, 3.8) is 0 Å². The predicted octanol–water partition coefficient (Wildman–Crippen LogP) is 1.43. The molecule has 1 aromatic carbocycles. The molecular formula is C8H9N2O2. The lowest BCUT2D eigenvalue weighted by molar-refractivity contribution is -0.384. The summed E-state index contributed by atoms with van der Waals surface area (Å²) in [6.07, 6.45) is 0. The number of rotatable bonds is 2. The van der Waals surface area contributed by atoms with E-state index in [-0.39, 0.29) is 11.7 Å². The zero-order valence-electron chi connectivity index (χ0n) is 6.43. The van der Waals surface area contributed by atoms with Gasteiger partial charge in [-0.25, -0.2) is 0 Å². The Balaban J connectivity index is 2.93. The topological polar surface area (TPSA) is 69.2 Å². The van der Waals surface area contributed by atoms with E-state index in [1.165, 1.54) is 12.1 Å². The number of nitro groups is 1. The van der Waals surface area contributed by atoms with Crippen LogP contribution in [-0.4, -0.2) is 4.92 Å². The van der Waals surface area contributed by atoms with Gasteiger partial charge in [0.2, 0.25) is 0 Å². The van der Waals surface area contributed by atoms with Crippen LogP contribution >= 0.6 is 0 Å². The zero-order chi connectivity index (χ0) is 9.14. The van der Waals surface area contributed by atoms with Crippen LogP contribution in [0.2, 0.25) is 0 Å². The van der Waals surface area contributed by atoms with Gasteiger partial charge < -0.3 is 5.73 Å². The summed E-state index contributed by atoms with van der Waals surface area (Å²) in [5.41, 5.74) is 6.32. The standard InChI is InChI=1S/C8H9N2O2/c1-6(9)7-2-4-8(5-3-7)10(11)12/h2-6H,1,9H2. The van der Waals surface area contributed by atoms with Crippen LogP contribution in [0.4, 0.5) is 5.69 Å². The molecule has 0 bridgehead atoms. The molecule has 1 rings (SSSR count). The number of nitrogens with zero attached hydrogens (tertiary/aromatic N) is 1. The number of hydrogen-bond donors (Lipinski definition) is 1. The Bertz CT molecular complexity index is 280. The molecular weight excluding hydrogens is 156 g/mol. The third-order valence-electron chi connectivity index (χ3n) is 1.53. The van der Waals surface area contributed by atoms with E-state index in [2.05, 4.69) is 6.92 Å². The molecule has 0 amide bonds. The average molecular weight is 165 g/mol. The van der Waals surface area contributed by atoms with Crippen LogP contribution in [0.15, 0.2) is 24.3 Å². The second-order valence-corrected chi connectivity index (χ2v) is 2.46. The lowest BCUT2D eigenvalue weighted by atomic mass is 10.1. The average Bonchev–Trinajstić information content (AvgIpc) is 2.04. The van der Waals surface area contributed by atoms with Crippen molar-refractivity contribution in [3.05, 3.63) is 46.9 Å². The van der Waals surface area contributed by atoms with E-state index in [1.807, 2.05) is 0 Å². The van der Waals surface area contributed by atoms with Crippen molar-refractivity contribution in [2.24, 2.45) is 5.73 Å². The molecule has 0 heterocycles. The smallest absolute Gasteiger partial charge is 0.269 e. The molecule has 0 aliphatic carbocycles. The molecule has 0 saturated heterocycles. The Hall–Kier alpha value is -1.42. The molecule has 1 aromatic rings. The van der Waals surface area contributed by atoms with E-state index in [0.29, 0.717) is 0 Å². The largest absolute Gasteiger partial charge is 0.324 e. The SMILES string of the molecule is [CH2]C(N)c1ccc([N+](=O)[O-])cc1. The van der Waals surface area contributed by atoms with Gasteiger partial charge in [-0.2, -0.15) is 0 Å². The zero-order valence-corrected chi connectivity index (χ0v) is 6.43. The van der Waals surface area contributed by atoms with E-state index in [4.69, 9.17) is 5.73 Å². The third kappa shape index (κ3) is 1.79. The van der Waals surface area contributed by atoms with E-state index in [9.17, 15) is 10.1 Å². The van der Waals surface area contributed by atoms with Gasteiger partial charge in [-0.1, -0.05) is 12.1 Å². The molecule has 0 saturated carbocycles. The van der Waals surface area contributed by atoms with Crippen molar-refractivity contribution in [3.8, 4) is 0 Å². The first-order valence-electron chi connectivity index (χ1n) is 3.44. The Labute approximate surface area is 70.2 Å². The quantitative estimate of drug-likeness (QED) is 0.532. The highest BCUT2D eigenvalue weighted by Gasteiger charge is 2.05. The molecule has 0 aliphatic heterocycles.